The SMILES string of the molecule is CC1CCC(O)(CN2CCCNC2=O)CC1. The Kier molecular flexibility index (Phi) is 3.38. The van der Waals surface area contributed by atoms with Crippen molar-refractivity contribution < 1.29 is 9.90 Å². The summed E-state index contributed by atoms with van der Waals surface area (Å²) in [6, 6.07) is -0.0155. The maximum Gasteiger partial charge on any atom is 0.317 e. The molecule has 2 aliphatic rings. The monoisotopic (exact) mass is 226 g/mol. The van der Waals surface area contributed by atoms with Gasteiger partial charge in [-0.2, -0.15) is 0 Å². The second-order valence-electron chi connectivity index (χ2n) is 5.41. The van der Waals surface area contributed by atoms with Gasteiger partial charge in [0.15, 0.2) is 0 Å². The lowest BCUT2D eigenvalue weighted by Gasteiger charge is -2.39. The summed E-state index contributed by atoms with van der Waals surface area (Å²) in [6.07, 6.45) is 4.80. The zero-order valence-electron chi connectivity index (χ0n) is 10.0. The van der Waals surface area contributed by atoms with Crippen LogP contribution >= 0.6 is 0 Å². The quantitative estimate of drug-likeness (QED) is 0.746. The number of amides is 2. The maximum absolute atomic E-state index is 11.6. The molecule has 0 atom stereocenters. The minimum absolute atomic E-state index is 0.0155. The molecule has 0 spiro atoms. The van der Waals surface area contributed by atoms with Crippen LogP contribution in [-0.4, -0.2) is 41.3 Å². The summed E-state index contributed by atoms with van der Waals surface area (Å²) in [6.45, 7) is 4.28. The number of hydrogen-bond donors (Lipinski definition) is 2. The number of hydrogen-bond acceptors (Lipinski definition) is 2. The molecule has 0 unspecified atom stereocenters. The molecule has 4 heteroatoms. The molecule has 0 aromatic rings. The molecule has 2 amide bonds. The Morgan fingerprint density at radius 3 is 2.81 bits per heavy atom. The van der Waals surface area contributed by atoms with Gasteiger partial charge in [0.1, 0.15) is 0 Å². The normalized spacial score (nSPS) is 36.0. The van der Waals surface area contributed by atoms with E-state index in [9.17, 15) is 9.90 Å². The van der Waals surface area contributed by atoms with Gasteiger partial charge < -0.3 is 15.3 Å². The molecule has 0 aromatic carbocycles. The van der Waals surface area contributed by atoms with Crippen LogP contribution in [0.1, 0.15) is 39.0 Å². The first-order valence-corrected chi connectivity index (χ1v) is 6.34. The zero-order valence-corrected chi connectivity index (χ0v) is 10.0. The average Bonchev–Trinajstić information content (AvgIpc) is 2.27. The lowest BCUT2D eigenvalue weighted by molar-refractivity contribution is -0.0284. The highest BCUT2D eigenvalue weighted by Crippen LogP contribution is 2.32. The van der Waals surface area contributed by atoms with Gasteiger partial charge in [-0.15, -0.1) is 0 Å². The summed E-state index contributed by atoms with van der Waals surface area (Å²) in [4.78, 5) is 13.3. The van der Waals surface area contributed by atoms with Gasteiger partial charge in [0.2, 0.25) is 0 Å². The van der Waals surface area contributed by atoms with Crippen molar-refractivity contribution in [3.05, 3.63) is 0 Å². The lowest BCUT2D eigenvalue weighted by Crippen LogP contribution is -2.53. The van der Waals surface area contributed by atoms with Gasteiger partial charge in [0, 0.05) is 13.1 Å². The van der Waals surface area contributed by atoms with Crippen LogP contribution in [-0.2, 0) is 0 Å². The van der Waals surface area contributed by atoms with Gasteiger partial charge in [-0.1, -0.05) is 6.92 Å². The van der Waals surface area contributed by atoms with Crippen LogP contribution in [0, 0.1) is 5.92 Å². The third-order valence-corrected chi connectivity index (χ3v) is 3.86. The summed E-state index contributed by atoms with van der Waals surface area (Å²) in [5.74, 6) is 0.718. The molecule has 0 bridgehead atoms. The molecular formula is C12H22N2O2. The van der Waals surface area contributed by atoms with Crippen molar-refractivity contribution in [3.8, 4) is 0 Å². The Morgan fingerprint density at radius 1 is 1.50 bits per heavy atom. The van der Waals surface area contributed by atoms with Crippen molar-refractivity contribution in [2.45, 2.75) is 44.6 Å². The first-order valence-electron chi connectivity index (χ1n) is 6.34. The van der Waals surface area contributed by atoms with Crippen molar-refractivity contribution in [2.75, 3.05) is 19.6 Å². The molecule has 0 radical (unpaired) electrons. The molecule has 2 rings (SSSR count). The number of aliphatic hydroxyl groups is 1. The van der Waals surface area contributed by atoms with Crippen molar-refractivity contribution in [1.29, 1.82) is 0 Å². The summed E-state index contributed by atoms with van der Waals surface area (Å²) in [5, 5.41) is 13.3. The molecule has 1 aliphatic carbocycles. The van der Waals surface area contributed by atoms with Crippen LogP contribution < -0.4 is 5.32 Å². The Balaban J connectivity index is 1.90. The fraction of sp³-hybridized carbons (Fsp3) is 0.917. The van der Waals surface area contributed by atoms with E-state index in [1.54, 1.807) is 4.90 Å². The van der Waals surface area contributed by atoms with E-state index in [1.807, 2.05) is 0 Å². The van der Waals surface area contributed by atoms with E-state index in [4.69, 9.17) is 0 Å². The van der Waals surface area contributed by atoms with Crippen LogP contribution in [0.5, 0.6) is 0 Å². The van der Waals surface area contributed by atoms with Crippen LogP contribution in [0.4, 0.5) is 4.79 Å². The highest BCUT2D eigenvalue weighted by atomic mass is 16.3. The summed E-state index contributed by atoms with van der Waals surface area (Å²) >= 11 is 0. The average molecular weight is 226 g/mol. The molecule has 0 aromatic heterocycles. The second-order valence-corrected chi connectivity index (χ2v) is 5.41. The van der Waals surface area contributed by atoms with Crippen LogP contribution in [0.15, 0.2) is 0 Å². The molecule has 1 aliphatic heterocycles. The van der Waals surface area contributed by atoms with Crippen LogP contribution in [0.25, 0.3) is 0 Å². The molecular weight excluding hydrogens is 204 g/mol. The summed E-state index contributed by atoms with van der Waals surface area (Å²) in [7, 11) is 0. The number of β-amino-alcohol motifs (C(OH)–C–C–N with tert-alkyl or cyclic N) is 1. The van der Waals surface area contributed by atoms with Crippen molar-refractivity contribution >= 4 is 6.03 Å². The standard InChI is InChI=1S/C12H22N2O2/c1-10-3-5-12(16,6-4-10)9-14-8-2-7-13-11(14)15/h10,16H,2-9H2,1H3,(H,13,15). The number of carbonyl (C=O) groups excluding carboxylic acids is 1. The highest BCUT2D eigenvalue weighted by molar-refractivity contribution is 5.74. The number of urea groups is 1. The van der Waals surface area contributed by atoms with Gasteiger partial charge in [-0.25, -0.2) is 4.79 Å². The van der Waals surface area contributed by atoms with Crippen LogP contribution in [0.3, 0.4) is 0 Å². The Labute approximate surface area is 97.0 Å². The molecule has 4 nitrogen and oxygen atoms in total. The first kappa shape index (κ1) is 11.7. The molecule has 1 saturated carbocycles. The molecule has 2 N–H and O–H groups in total. The highest BCUT2D eigenvalue weighted by Gasteiger charge is 2.35. The zero-order chi connectivity index (χ0) is 11.6. The molecule has 92 valence electrons. The summed E-state index contributed by atoms with van der Waals surface area (Å²) in [5.41, 5.74) is -0.638. The van der Waals surface area contributed by atoms with E-state index in [2.05, 4.69) is 12.2 Å². The minimum Gasteiger partial charge on any atom is -0.388 e. The Morgan fingerprint density at radius 2 is 2.19 bits per heavy atom. The number of nitrogens with zero attached hydrogens (tertiary/aromatic N) is 1. The predicted molar refractivity (Wildman–Crippen MR) is 62.2 cm³/mol. The largest absolute Gasteiger partial charge is 0.388 e. The van der Waals surface area contributed by atoms with Gasteiger partial charge in [-0.05, 0) is 38.0 Å². The summed E-state index contributed by atoms with van der Waals surface area (Å²) < 4.78 is 0. The second kappa shape index (κ2) is 4.62. The van der Waals surface area contributed by atoms with E-state index in [-0.39, 0.29) is 6.03 Å². The van der Waals surface area contributed by atoms with Gasteiger partial charge in [0.25, 0.3) is 0 Å². The fourth-order valence-corrected chi connectivity index (χ4v) is 2.64. The molecule has 2 fully saturated rings. The first-order chi connectivity index (χ1) is 7.59. The van der Waals surface area contributed by atoms with Gasteiger partial charge in [-0.3, -0.25) is 0 Å². The Bertz CT molecular complexity index is 260. The van der Waals surface area contributed by atoms with E-state index in [1.165, 1.54) is 0 Å². The van der Waals surface area contributed by atoms with E-state index < -0.39 is 5.60 Å². The van der Waals surface area contributed by atoms with Gasteiger partial charge in [0.05, 0.1) is 12.1 Å². The fourth-order valence-electron chi connectivity index (χ4n) is 2.64. The van der Waals surface area contributed by atoms with Gasteiger partial charge >= 0.3 is 6.03 Å². The van der Waals surface area contributed by atoms with Crippen molar-refractivity contribution in [1.82, 2.24) is 10.2 Å². The number of rotatable bonds is 2. The number of nitrogens with one attached hydrogen (secondary N) is 1. The third-order valence-electron chi connectivity index (χ3n) is 3.86. The third kappa shape index (κ3) is 2.67. The lowest BCUT2D eigenvalue weighted by atomic mass is 9.79. The Hall–Kier alpha value is -0.770. The minimum atomic E-state index is -0.638. The van der Waals surface area contributed by atoms with E-state index in [0.29, 0.717) is 6.54 Å². The number of carbonyl (C=O) groups is 1. The maximum atomic E-state index is 11.6. The smallest absolute Gasteiger partial charge is 0.317 e. The van der Waals surface area contributed by atoms with E-state index >= 15 is 0 Å². The van der Waals surface area contributed by atoms with Crippen molar-refractivity contribution in [2.24, 2.45) is 5.92 Å². The van der Waals surface area contributed by atoms with Crippen molar-refractivity contribution in [3.63, 3.8) is 0 Å². The van der Waals surface area contributed by atoms with E-state index in [0.717, 1.165) is 51.1 Å². The predicted octanol–water partition coefficient (Wildman–Crippen LogP) is 1.34. The molecule has 16 heavy (non-hydrogen) atoms. The molecule has 1 heterocycles. The molecule has 1 saturated heterocycles. The van der Waals surface area contributed by atoms with Crippen LogP contribution in [0.2, 0.25) is 0 Å². The topological polar surface area (TPSA) is 52.6 Å².